The van der Waals surface area contributed by atoms with Crippen LogP contribution < -0.4 is 0 Å². The molecular weight excluding hydrogens is 230 g/mol. The lowest BCUT2D eigenvalue weighted by atomic mass is 9.65. The maximum absolute atomic E-state index is 3.94. The van der Waals surface area contributed by atoms with E-state index in [1.54, 1.807) is 0 Å². The van der Waals surface area contributed by atoms with Crippen molar-refractivity contribution in [2.75, 3.05) is 13.1 Å². The molecule has 1 heterocycles. The predicted octanol–water partition coefficient (Wildman–Crippen LogP) is 4.58. The van der Waals surface area contributed by atoms with Gasteiger partial charge in [-0.05, 0) is 56.1 Å². The van der Waals surface area contributed by atoms with E-state index in [4.69, 9.17) is 0 Å². The molecule has 2 aliphatic rings. The minimum atomic E-state index is 0.510. The van der Waals surface area contributed by atoms with E-state index < -0.39 is 0 Å². The fraction of sp³-hybridized carbons (Fsp3) is 0.667. The van der Waals surface area contributed by atoms with Crippen LogP contribution in [0.3, 0.4) is 0 Å². The Labute approximate surface area is 119 Å². The van der Waals surface area contributed by atoms with Crippen molar-refractivity contribution < 1.29 is 0 Å². The zero-order valence-electron chi connectivity index (χ0n) is 12.7. The first-order valence-corrected chi connectivity index (χ1v) is 7.80. The number of hydrogen-bond donors (Lipinski definition) is 0. The molecule has 0 unspecified atom stereocenters. The summed E-state index contributed by atoms with van der Waals surface area (Å²) in [6.45, 7) is 14.8. The number of rotatable bonds is 5. The van der Waals surface area contributed by atoms with Gasteiger partial charge in [0.25, 0.3) is 0 Å². The molecule has 0 N–H and O–H groups in total. The fourth-order valence-corrected chi connectivity index (χ4v) is 3.76. The fourth-order valence-electron chi connectivity index (χ4n) is 3.76. The van der Waals surface area contributed by atoms with Crippen molar-refractivity contribution in [3.63, 3.8) is 0 Å². The molecule has 19 heavy (non-hydrogen) atoms. The summed E-state index contributed by atoms with van der Waals surface area (Å²) in [7, 11) is 0. The Morgan fingerprint density at radius 1 is 1.37 bits per heavy atom. The summed E-state index contributed by atoms with van der Waals surface area (Å²) >= 11 is 0. The minimum Gasteiger partial charge on any atom is -0.293 e. The summed E-state index contributed by atoms with van der Waals surface area (Å²) in [5, 5.41) is 0. The molecule has 1 saturated heterocycles. The average Bonchev–Trinajstić information content (AvgIpc) is 2.36. The van der Waals surface area contributed by atoms with Gasteiger partial charge in [0.2, 0.25) is 0 Å². The van der Waals surface area contributed by atoms with E-state index in [2.05, 4.69) is 38.0 Å². The van der Waals surface area contributed by atoms with Gasteiger partial charge in [0.05, 0.1) is 0 Å². The first kappa shape index (κ1) is 14.6. The Balaban J connectivity index is 2.07. The third kappa shape index (κ3) is 3.02. The average molecular weight is 259 g/mol. The van der Waals surface area contributed by atoms with Crippen LogP contribution >= 0.6 is 0 Å². The van der Waals surface area contributed by atoms with Gasteiger partial charge < -0.3 is 0 Å². The van der Waals surface area contributed by atoms with Crippen LogP contribution in [-0.2, 0) is 0 Å². The first-order chi connectivity index (χ1) is 9.11. The lowest BCUT2D eigenvalue weighted by Gasteiger charge is -2.56. The van der Waals surface area contributed by atoms with Crippen molar-refractivity contribution in [2.24, 2.45) is 11.8 Å². The number of nitrogens with zero attached hydrogens (tertiary/aromatic N) is 1. The van der Waals surface area contributed by atoms with Crippen molar-refractivity contribution in [3.05, 3.63) is 37.0 Å². The molecule has 0 aromatic heterocycles. The Morgan fingerprint density at radius 3 is 2.58 bits per heavy atom. The smallest absolute Gasteiger partial charge is 0.0239 e. The number of piperidine rings is 1. The molecule has 106 valence electrons. The van der Waals surface area contributed by atoms with Crippen LogP contribution in [0.5, 0.6) is 0 Å². The van der Waals surface area contributed by atoms with Crippen molar-refractivity contribution >= 4 is 0 Å². The van der Waals surface area contributed by atoms with Crippen LogP contribution in [0, 0.1) is 11.8 Å². The molecule has 1 heteroatoms. The highest BCUT2D eigenvalue weighted by molar-refractivity contribution is 5.23. The van der Waals surface area contributed by atoms with E-state index in [1.807, 2.05) is 12.2 Å². The van der Waals surface area contributed by atoms with Gasteiger partial charge in [-0.1, -0.05) is 45.2 Å². The Morgan fingerprint density at radius 2 is 2.11 bits per heavy atom. The summed E-state index contributed by atoms with van der Waals surface area (Å²) in [4.78, 5) is 2.73. The first-order valence-electron chi connectivity index (χ1n) is 7.80. The normalized spacial score (nSPS) is 27.3. The quantitative estimate of drug-likeness (QED) is 0.653. The number of allylic oxidation sites excluding steroid dienone is 2. The third-order valence-electron chi connectivity index (χ3n) is 5.28. The zero-order valence-corrected chi connectivity index (χ0v) is 12.7. The molecule has 0 radical (unpaired) electrons. The second-order valence-corrected chi connectivity index (χ2v) is 6.68. The van der Waals surface area contributed by atoms with E-state index >= 15 is 0 Å². The van der Waals surface area contributed by atoms with Crippen LogP contribution in [-0.4, -0.2) is 23.5 Å². The van der Waals surface area contributed by atoms with Crippen molar-refractivity contribution in [1.82, 2.24) is 4.90 Å². The third-order valence-corrected chi connectivity index (χ3v) is 5.28. The molecule has 1 aliphatic carbocycles. The maximum Gasteiger partial charge on any atom is 0.0239 e. The highest BCUT2D eigenvalue weighted by atomic mass is 15.2. The molecule has 2 rings (SSSR count). The van der Waals surface area contributed by atoms with Gasteiger partial charge in [0.1, 0.15) is 0 Å². The summed E-state index contributed by atoms with van der Waals surface area (Å²) < 4.78 is 0. The Hall–Kier alpha value is -0.820. The van der Waals surface area contributed by atoms with Crippen molar-refractivity contribution in [3.8, 4) is 0 Å². The topological polar surface area (TPSA) is 3.24 Å². The monoisotopic (exact) mass is 259 g/mol. The Kier molecular flexibility index (Phi) is 4.67. The van der Waals surface area contributed by atoms with Gasteiger partial charge in [-0.3, -0.25) is 4.90 Å². The van der Waals surface area contributed by atoms with Crippen LogP contribution in [0.4, 0.5) is 0 Å². The molecule has 1 saturated carbocycles. The molecule has 1 atom stereocenters. The number of likely N-dealkylation sites (tertiary alicyclic amines) is 1. The van der Waals surface area contributed by atoms with Crippen LogP contribution in [0.25, 0.3) is 0 Å². The highest BCUT2D eigenvalue weighted by Gasteiger charge is 2.46. The molecule has 1 nitrogen and oxygen atoms in total. The molecule has 2 fully saturated rings. The van der Waals surface area contributed by atoms with E-state index in [-0.39, 0.29) is 0 Å². The summed E-state index contributed by atoms with van der Waals surface area (Å²) in [6, 6.07) is 0. The molecule has 0 amide bonds. The van der Waals surface area contributed by atoms with Gasteiger partial charge >= 0.3 is 0 Å². The van der Waals surface area contributed by atoms with Gasteiger partial charge in [-0.2, -0.15) is 0 Å². The second kappa shape index (κ2) is 6.09. The van der Waals surface area contributed by atoms with Gasteiger partial charge in [-0.15, -0.1) is 0 Å². The van der Waals surface area contributed by atoms with E-state index in [0.717, 1.165) is 18.4 Å². The van der Waals surface area contributed by atoms with Crippen LogP contribution in [0.15, 0.2) is 37.0 Å². The summed E-state index contributed by atoms with van der Waals surface area (Å²) in [5.41, 5.74) is 1.82. The molecule has 1 spiro atoms. The van der Waals surface area contributed by atoms with Crippen LogP contribution in [0.1, 0.15) is 46.0 Å². The standard InChI is InChI=1S/C18H29N/c1-5-8-16(6-2)14-19-12-9-17(15(3)4)13-18(19)10-7-11-18/h5-6,8,15,17H,1-2,7,9-14H2,3-4H3/b16-8+/t17-/m0/s1. The summed E-state index contributed by atoms with van der Waals surface area (Å²) in [5.74, 6) is 1.76. The summed E-state index contributed by atoms with van der Waals surface area (Å²) in [6.07, 6.45) is 12.9. The molecule has 0 aromatic rings. The lowest BCUT2D eigenvalue weighted by molar-refractivity contribution is -0.0398. The van der Waals surface area contributed by atoms with Crippen molar-refractivity contribution in [2.45, 2.75) is 51.5 Å². The van der Waals surface area contributed by atoms with E-state index in [0.29, 0.717) is 5.54 Å². The minimum absolute atomic E-state index is 0.510. The van der Waals surface area contributed by atoms with Crippen molar-refractivity contribution in [1.29, 1.82) is 0 Å². The van der Waals surface area contributed by atoms with Gasteiger partial charge in [-0.25, -0.2) is 0 Å². The van der Waals surface area contributed by atoms with Gasteiger partial charge in [0, 0.05) is 12.1 Å². The lowest BCUT2D eigenvalue weighted by Crippen LogP contribution is -2.59. The van der Waals surface area contributed by atoms with Crippen LogP contribution in [0.2, 0.25) is 0 Å². The SMILES string of the molecule is C=C/C=C(\C=C)CN1CC[C@H](C(C)C)CC12CCC2. The molecule has 0 bridgehead atoms. The van der Waals surface area contributed by atoms with E-state index in [1.165, 1.54) is 44.2 Å². The highest BCUT2D eigenvalue weighted by Crippen LogP contribution is 2.47. The zero-order chi connectivity index (χ0) is 13.9. The maximum atomic E-state index is 3.94. The second-order valence-electron chi connectivity index (χ2n) is 6.68. The molecule has 0 aromatic carbocycles. The molecule has 1 aliphatic heterocycles. The largest absolute Gasteiger partial charge is 0.293 e. The Bertz CT molecular complexity index is 360. The number of hydrogen-bond acceptors (Lipinski definition) is 1. The predicted molar refractivity (Wildman–Crippen MR) is 84.2 cm³/mol. The van der Waals surface area contributed by atoms with E-state index in [9.17, 15) is 0 Å². The van der Waals surface area contributed by atoms with Gasteiger partial charge in [0.15, 0.2) is 0 Å². The molecular formula is C18H29N.